The zero-order valence-corrected chi connectivity index (χ0v) is 7.26. The Morgan fingerprint density at radius 2 is 2.18 bits per heavy atom. The van der Waals surface area contributed by atoms with Crippen molar-refractivity contribution < 1.29 is 8.42 Å². The molecule has 5 nitrogen and oxygen atoms in total. The highest BCUT2D eigenvalue weighted by atomic mass is 32.2. The van der Waals surface area contributed by atoms with E-state index in [0.717, 1.165) is 13.1 Å². The van der Waals surface area contributed by atoms with Gasteiger partial charge in [0.2, 0.25) is 0 Å². The minimum atomic E-state index is -3.47. The second kappa shape index (κ2) is 3.06. The van der Waals surface area contributed by atoms with Crippen molar-refractivity contribution in [3.63, 3.8) is 0 Å². The summed E-state index contributed by atoms with van der Waals surface area (Å²) in [5.74, 6) is 0.429. The third-order valence-electron chi connectivity index (χ3n) is 1.82. The SMILES string of the molecule is CN(CC1CNC1)S(N)(=O)=O. The van der Waals surface area contributed by atoms with Crippen LogP contribution in [-0.2, 0) is 10.2 Å². The van der Waals surface area contributed by atoms with Crippen LogP contribution in [0.4, 0.5) is 0 Å². The van der Waals surface area contributed by atoms with E-state index in [1.54, 1.807) is 0 Å². The summed E-state index contributed by atoms with van der Waals surface area (Å²) < 4.78 is 22.6. The van der Waals surface area contributed by atoms with Gasteiger partial charge in [-0.05, 0) is 5.92 Å². The summed E-state index contributed by atoms with van der Waals surface area (Å²) >= 11 is 0. The number of rotatable bonds is 3. The Kier molecular flexibility index (Phi) is 2.48. The van der Waals surface area contributed by atoms with Crippen molar-refractivity contribution in [3.05, 3.63) is 0 Å². The Labute approximate surface area is 66.7 Å². The highest BCUT2D eigenvalue weighted by Gasteiger charge is 2.22. The number of nitrogens with two attached hydrogens (primary N) is 1. The molecule has 0 saturated carbocycles. The van der Waals surface area contributed by atoms with Gasteiger partial charge >= 0.3 is 0 Å². The number of hydrogen-bond donors (Lipinski definition) is 2. The summed E-state index contributed by atoms with van der Waals surface area (Å²) in [6.45, 7) is 2.30. The maximum absolute atomic E-state index is 10.7. The minimum Gasteiger partial charge on any atom is -0.316 e. The highest BCUT2D eigenvalue weighted by Crippen LogP contribution is 2.05. The van der Waals surface area contributed by atoms with Crippen molar-refractivity contribution in [2.45, 2.75) is 0 Å². The highest BCUT2D eigenvalue weighted by molar-refractivity contribution is 7.86. The van der Waals surface area contributed by atoms with E-state index in [4.69, 9.17) is 5.14 Å². The minimum absolute atomic E-state index is 0.429. The van der Waals surface area contributed by atoms with Gasteiger partial charge in [-0.25, -0.2) is 5.14 Å². The lowest BCUT2D eigenvalue weighted by atomic mass is 10.0. The Balaban J connectivity index is 2.36. The summed E-state index contributed by atoms with van der Waals surface area (Å²) in [5, 5.41) is 7.94. The quantitative estimate of drug-likeness (QED) is 0.544. The summed E-state index contributed by atoms with van der Waals surface area (Å²) in [6, 6.07) is 0. The van der Waals surface area contributed by atoms with Crippen molar-refractivity contribution in [1.29, 1.82) is 0 Å². The average Bonchev–Trinajstić information content (AvgIpc) is 1.75. The predicted molar refractivity (Wildman–Crippen MR) is 42.1 cm³/mol. The van der Waals surface area contributed by atoms with Crippen LogP contribution in [0.1, 0.15) is 0 Å². The van der Waals surface area contributed by atoms with E-state index < -0.39 is 10.2 Å². The fourth-order valence-corrected chi connectivity index (χ4v) is 1.36. The van der Waals surface area contributed by atoms with E-state index in [1.165, 1.54) is 11.4 Å². The fraction of sp³-hybridized carbons (Fsp3) is 1.00. The first kappa shape index (κ1) is 8.92. The molecule has 6 heteroatoms. The van der Waals surface area contributed by atoms with E-state index >= 15 is 0 Å². The van der Waals surface area contributed by atoms with Crippen molar-refractivity contribution in [3.8, 4) is 0 Å². The van der Waals surface area contributed by atoms with Gasteiger partial charge < -0.3 is 5.32 Å². The average molecular weight is 179 g/mol. The second-order valence-electron chi connectivity index (χ2n) is 2.85. The molecule has 66 valence electrons. The Bertz CT molecular complexity index is 222. The number of hydrogen-bond acceptors (Lipinski definition) is 3. The molecule has 0 aromatic rings. The summed E-state index contributed by atoms with van der Waals surface area (Å²) in [7, 11) is -1.97. The van der Waals surface area contributed by atoms with E-state index in [0.29, 0.717) is 12.5 Å². The van der Waals surface area contributed by atoms with E-state index in [2.05, 4.69) is 5.32 Å². The number of nitrogens with one attached hydrogen (secondary N) is 1. The lowest BCUT2D eigenvalue weighted by Gasteiger charge is -2.29. The molecule has 0 radical (unpaired) electrons. The number of nitrogens with zero attached hydrogens (tertiary/aromatic N) is 1. The van der Waals surface area contributed by atoms with Gasteiger partial charge in [0.25, 0.3) is 10.2 Å². The topological polar surface area (TPSA) is 75.4 Å². The van der Waals surface area contributed by atoms with E-state index in [9.17, 15) is 8.42 Å². The lowest BCUT2D eigenvalue weighted by molar-refractivity contribution is 0.289. The van der Waals surface area contributed by atoms with Crippen molar-refractivity contribution in [2.75, 3.05) is 26.7 Å². The molecular weight excluding hydrogens is 166 g/mol. The lowest BCUT2D eigenvalue weighted by Crippen LogP contribution is -2.49. The largest absolute Gasteiger partial charge is 0.316 e. The zero-order valence-electron chi connectivity index (χ0n) is 6.45. The molecule has 0 aliphatic carbocycles. The molecule has 1 aliphatic heterocycles. The Morgan fingerprint density at radius 3 is 2.45 bits per heavy atom. The molecule has 0 spiro atoms. The molecule has 0 bridgehead atoms. The molecule has 0 aromatic heterocycles. The smallest absolute Gasteiger partial charge is 0.276 e. The van der Waals surface area contributed by atoms with Gasteiger partial charge in [0.15, 0.2) is 0 Å². The standard InChI is InChI=1S/C5H13N3O2S/c1-8(11(6,9)10)4-5-2-7-3-5/h5,7H,2-4H2,1H3,(H2,6,9,10). The van der Waals surface area contributed by atoms with Crippen LogP contribution in [0.15, 0.2) is 0 Å². The van der Waals surface area contributed by atoms with Crippen molar-refractivity contribution in [2.24, 2.45) is 11.1 Å². The molecule has 11 heavy (non-hydrogen) atoms. The van der Waals surface area contributed by atoms with E-state index in [-0.39, 0.29) is 0 Å². The molecule has 0 amide bonds. The van der Waals surface area contributed by atoms with Crippen LogP contribution < -0.4 is 10.5 Å². The van der Waals surface area contributed by atoms with Crippen LogP contribution in [0.5, 0.6) is 0 Å². The van der Waals surface area contributed by atoms with Crippen LogP contribution in [0, 0.1) is 5.92 Å². The van der Waals surface area contributed by atoms with Crippen LogP contribution in [-0.4, -0.2) is 39.4 Å². The monoisotopic (exact) mass is 179 g/mol. The maximum Gasteiger partial charge on any atom is 0.276 e. The first-order chi connectivity index (χ1) is 5.00. The van der Waals surface area contributed by atoms with Gasteiger partial charge in [-0.2, -0.15) is 12.7 Å². The molecular formula is C5H13N3O2S. The first-order valence-electron chi connectivity index (χ1n) is 3.45. The third kappa shape index (κ3) is 2.41. The van der Waals surface area contributed by atoms with Gasteiger partial charge in [-0.1, -0.05) is 0 Å². The third-order valence-corrected chi connectivity index (χ3v) is 2.83. The molecule has 1 heterocycles. The molecule has 3 N–H and O–H groups in total. The van der Waals surface area contributed by atoms with Crippen LogP contribution in [0.3, 0.4) is 0 Å². The summed E-state index contributed by atoms with van der Waals surface area (Å²) in [4.78, 5) is 0. The molecule has 1 fully saturated rings. The zero-order chi connectivity index (χ0) is 8.48. The molecule has 1 saturated heterocycles. The normalized spacial score (nSPS) is 20.3. The molecule has 0 aromatic carbocycles. The van der Waals surface area contributed by atoms with Crippen LogP contribution in [0.2, 0.25) is 0 Å². The molecule has 1 rings (SSSR count). The summed E-state index contributed by atoms with van der Waals surface area (Å²) in [6.07, 6.45) is 0. The molecule has 0 unspecified atom stereocenters. The Hall–Kier alpha value is -0.170. The van der Waals surface area contributed by atoms with E-state index in [1.807, 2.05) is 0 Å². The fourth-order valence-electron chi connectivity index (χ4n) is 0.945. The van der Waals surface area contributed by atoms with Crippen LogP contribution >= 0.6 is 0 Å². The summed E-state index contributed by atoms with van der Waals surface area (Å²) in [5.41, 5.74) is 0. The van der Waals surface area contributed by atoms with Gasteiger partial charge in [-0.15, -0.1) is 0 Å². The van der Waals surface area contributed by atoms with Gasteiger partial charge in [0.05, 0.1) is 0 Å². The van der Waals surface area contributed by atoms with Gasteiger partial charge in [-0.3, -0.25) is 0 Å². The van der Waals surface area contributed by atoms with Crippen molar-refractivity contribution >= 4 is 10.2 Å². The van der Waals surface area contributed by atoms with Gasteiger partial charge in [0.1, 0.15) is 0 Å². The Morgan fingerprint density at radius 1 is 1.64 bits per heavy atom. The molecule has 0 atom stereocenters. The molecule has 1 aliphatic rings. The van der Waals surface area contributed by atoms with Crippen molar-refractivity contribution in [1.82, 2.24) is 9.62 Å². The maximum atomic E-state index is 10.7. The second-order valence-corrected chi connectivity index (χ2v) is 4.50. The first-order valence-corrected chi connectivity index (χ1v) is 4.95. The van der Waals surface area contributed by atoms with Gasteiger partial charge in [0, 0.05) is 26.7 Å². The van der Waals surface area contributed by atoms with Crippen LogP contribution in [0.25, 0.3) is 0 Å². The predicted octanol–water partition coefficient (Wildman–Crippen LogP) is -1.66.